The molecule has 0 saturated heterocycles. The molecule has 0 radical (unpaired) electrons. The van der Waals surface area contributed by atoms with Gasteiger partial charge in [0.2, 0.25) is 10.0 Å². The van der Waals surface area contributed by atoms with Gasteiger partial charge in [-0.05, 0) is 24.6 Å². The Balaban J connectivity index is 2.96. The van der Waals surface area contributed by atoms with E-state index in [9.17, 15) is 8.42 Å². The molecule has 1 rings (SSSR count). The molecule has 0 saturated carbocycles. The van der Waals surface area contributed by atoms with Crippen molar-refractivity contribution in [3.8, 4) is 6.07 Å². The number of hydrogen-bond acceptors (Lipinski definition) is 4. The number of nitrogens with one attached hydrogen (secondary N) is 1. The number of aryl methyl sites for hydroxylation is 1. The van der Waals surface area contributed by atoms with Crippen molar-refractivity contribution in [3.63, 3.8) is 0 Å². The third kappa shape index (κ3) is 3.14. The molecule has 3 N–H and O–H groups in total. The van der Waals surface area contributed by atoms with E-state index >= 15 is 0 Å². The Kier molecular flexibility index (Phi) is 3.17. The van der Waals surface area contributed by atoms with E-state index < -0.39 is 15.8 Å². The molecule has 1 aromatic carbocycles. The summed E-state index contributed by atoms with van der Waals surface area (Å²) < 4.78 is 24.7. The Morgan fingerprint density at radius 1 is 1.53 bits per heavy atom. The molecule has 0 aliphatic rings. The van der Waals surface area contributed by atoms with Gasteiger partial charge in [-0.1, -0.05) is 6.07 Å². The number of nitrogens with zero attached hydrogens (tertiary/aromatic N) is 1. The third-order valence-electron chi connectivity index (χ3n) is 1.73. The van der Waals surface area contributed by atoms with Crippen LogP contribution in [-0.2, 0) is 10.0 Å². The van der Waals surface area contributed by atoms with Crippen LogP contribution in [0.2, 0.25) is 0 Å². The Morgan fingerprint density at radius 3 is 2.73 bits per heavy atom. The van der Waals surface area contributed by atoms with E-state index in [1.54, 1.807) is 24.3 Å². The fraction of sp³-hybridized carbons (Fsp3) is 0.222. The zero-order valence-electron chi connectivity index (χ0n) is 8.19. The largest absolute Gasteiger partial charge is 0.397 e. The van der Waals surface area contributed by atoms with E-state index in [1.165, 1.54) is 0 Å². The lowest BCUT2D eigenvalue weighted by Crippen LogP contribution is -2.16. The molecule has 0 heterocycles. The highest BCUT2D eigenvalue weighted by molar-refractivity contribution is 7.92. The van der Waals surface area contributed by atoms with Crippen LogP contribution in [0.25, 0.3) is 0 Å². The quantitative estimate of drug-likeness (QED) is 0.745. The van der Waals surface area contributed by atoms with Gasteiger partial charge >= 0.3 is 0 Å². The molecule has 0 unspecified atom stereocenters. The summed E-state index contributed by atoms with van der Waals surface area (Å²) in [6.07, 6.45) is 0. The van der Waals surface area contributed by atoms with Crippen LogP contribution in [0, 0.1) is 18.3 Å². The van der Waals surface area contributed by atoms with Crippen molar-refractivity contribution < 1.29 is 8.42 Å². The van der Waals surface area contributed by atoms with Crippen molar-refractivity contribution in [3.05, 3.63) is 23.8 Å². The van der Waals surface area contributed by atoms with Crippen LogP contribution in [0.4, 0.5) is 11.4 Å². The van der Waals surface area contributed by atoms with E-state index in [1.807, 2.05) is 6.92 Å². The Labute approximate surface area is 88.6 Å². The lowest BCUT2D eigenvalue weighted by atomic mass is 10.2. The molecule has 80 valence electrons. The fourth-order valence-corrected chi connectivity index (χ4v) is 1.83. The van der Waals surface area contributed by atoms with Gasteiger partial charge in [0.25, 0.3) is 0 Å². The van der Waals surface area contributed by atoms with Crippen LogP contribution < -0.4 is 10.5 Å². The number of nitrogens with two attached hydrogens (primary N) is 1. The van der Waals surface area contributed by atoms with Gasteiger partial charge in [-0.15, -0.1) is 0 Å². The smallest absolute Gasteiger partial charge is 0.246 e. The van der Waals surface area contributed by atoms with Gasteiger partial charge in [-0.2, -0.15) is 5.26 Å². The SMILES string of the molecule is Cc1ccc(NS(=O)(=O)CC#N)c(N)c1. The molecule has 5 nitrogen and oxygen atoms in total. The van der Waals surface area contributed by atoms with E-state index in [4.69, 9.17) is 11.0 Å². The number of rotatable bonds is 3. The fourth-order valence-electron chi connectivity index (χ4n) is 1.06. The molecule has 0 aromatic heterocycles. The maximum absolute atomic E-state index is 11.2. The topological polar surface area (TPSA) is 96.0 Å². The minimum absolute atomic E-state index is 0.302. The van der Waals surface area contributed by atoms with E-state index in [2.05, 4.69) is 4.72 Å². The molecule has 0 aliphatic carbocycles. The van der Waals surface area contributed by atoms with Crippen LogP contribution in [0.5, 0.6) is 0 Å². The Bertz CT molecular complexity index is 503. The van der Waals surface area contributed by atoms with Gasteiger partial charge in [0.1, 0.15) is 0 Å². The van der Waals surface area contributed by atoms with E-state index in [0.29, 0.717) is 11.4 Å². The average Bonchev–Trinajstić information content (AvgIpc) is 2.09. The van der Waals surface area contributed by atoms with E-state index in [0.717, 1.165) is 5.56 Å². The lowest BCUT2D eigenvalue weighted by Gasteiger charge is -2.08. The summed E-state index contributed by atoms with van der Waals surface area (Å²) in [5.74, 6) is -0.583. The van der Waals surface area contributed by atoms with Gasteiger partial charge in [-0.3, -0.25) is 4.72 Å². The van der Waals surface area contributed by atoms with Crippen LogP contribution >= 0.6 is 0 Å². The molecule has 15 heavy (non-hydrogen) atoms. The highest BCUT2D eigenvalue weighted by Gasteiger charge is 2.10. The first-order valence-electron chi connectivity index (χ1n) is 4.18. The number of nitrogen functional groups attached to an aromatic ring is 1. The van der Waals surface area contributed by atoms with Gasteiger partial charge in [0.05, 0.1) is 17.4 Å². The summed E-state index contributed by atoms with van der Waals surface area (Å²) >= 11 is 0. The van der Waals surface area contributed by atoms with Crippen molar-refractivity contribution in [1.82, 2.24) is 0 Å². The summed E-state index contributed by atoms with van der Waals surface area (Å²) in [7, 11) is -3.61. The van der Waals surface area contributed by atoms with Gasteiger partial charge in [0, 0.05) is 0 Å². The van der Waals surface area contributed by atoms with Crippen molar-refractivity contribution in [1.29, 1.82) is 5.26 Å². The minimum atomic E-state index is -3.61. The zero-order chi connectivity index (χ0) is 11.5. The molecular weight excluding hydrogens is 214 g/mol. The maximum Gasteiger partial charge on any atom is 0.246 e. The van der Waals surface area contributed by atoms with Gasteiger partial charge < -0.3 is 5.73 Å². The molecule has 0 fully saturated rings. The maximum atomic E-state index is 11.2. The van der Waals surface area contributed by atoms with Crippen molar-refractivity contribution in [2.24, 2.45) is 0 Å². The number of nitriles is 1. The summed E-state index contributed by atoms with van der Waals surface area (Å²) in [6.45, 7) is 1.85. The summed E-state index contributed by atoms with van der Waals surface area (Å²) in [5.41, 5.74) is 7.20. The highest BCUT2D eigenvalue weighted by atomic mass is 32.2. The van der Waals surface area contributed by atoms with Crippen molar-refractivity contribution in [2.45, 2.75) is 6.92 Å². The highest BCUT2D eigenvalue weighted by Crippen LogP contribution is 2.20. The summed E-state index contributed by atoms with van der Waals surface area (Å²) in [4.78, 5) is 0. The number of benzene rings is 1. The molecule has 1 aromatic rings. The Morgan fingerprint density at radius 2 is 2.20 bits per heavy atom. The summed E-state index contributed by atoms with van der Waals surface area (Å²) in [5, 5.41) is 8.29. The van der Waals surface area contributed by atoms with Crippen molar-refractivity contribution in [2.75, 3.05) is 16.2 Å². The molecule has 0 bridgehead atoms. The van der Waals surface area contributed by atoms with Crippen molar-refractivity contribution >= 4 is 21.4 Å². The normalized spacial score (nSPS) is 10.7. The predicted molar refractivity (Wildman–Crippen MR) is 58.6 cm³/mol. The molecule has 6 heteroatoms. The second kappa shape index (κ2) is 4.19. The number of sulfonamides is 1. The monoisotopic (exact) mass is 225 g/mol. The van der Waals surface area contributed by atoms with Gasteiger partial charge in [0.15, 0.2) is 5.75 Å². The first-order valence-corrected chi connectivity index (χ1v) is 5.83. The van der Waals surface area contributed by atoms with Gasteiger partial charge in [-0.25, -0.2) is 8.42 Å². The second-order valence-corrected chi connectivity index (χ2v) is 4.83. The number of hydrogen-bond donors (Lipinski definition) is 2. The molecule has 0 atom stereocenters. The number of anilines is 2. The minimum Gasteiger partial charge on any atom is -0.397 e. The summed E-state index contributed by atoms with van der Waals surface area (Å²) in [6, 6.07) is 6.53. The van der Waals surface area contributed by atoms with Crippen LogP contribution in [0.1, 0.15) is 5.56 Å². The third-order valence-corrected chi connectivity index (χ3v) is 2.77. The van der Waals surface area contributed by atoms with Crippen LogP contribution in [0.15, 0.2) is 18.2 Å². The van der Waals surface area contributed by atoms with E-state index in [-0.39, 0.29) is 0 Å². The second-order valence-electron chi connectivity index (χ2n) is 3.11. The lowest BCUT2D eigenvalue weighted by molar-refractivity contribution is 0.604. The zero-order valence-corrected chi connectivity index (χ0v) is 9.00. The first-order chi connectivity index (χ1) is 6.94. The first kappa shape index (κ1) is 11.3. The van der Waals surface area contributed by atoms with Crippen LogP contribution in [-0.4, -0.2) is 14.2 Å². The molecule has 0 aliphatic heterocycles. The molecule has 0 amide bonds. The predicted octanol–water partition coefficient (Wildman–Crippen LogP) is 0.843. The molecule has 0 spiro atoms. The Hall–Kier alpha value is -1.74. The van der Waals surface area contributed by atoms with Crippen LogP contribution in [0.3, 0.4) is 0 Å². The molecular formula is C9H11N3O2S. The average molecular weight is 225 g/mol. The standard InChI is InChI=1S/C9H11N3O2S/c1-7-2-3-9(8(11)6-7)12-15(13,14)5-4-10/h2-3,6,12H,5,11H2,1H3.